The summed E-state index contributed by atoms with van der Waals surface area (Å²) >= 11 is 7.21. The number of alkyl carbamates (subject to hydrolysis) is 1. The highest BCUT2D eigenvalue weighted by molar-refractivity contribution is 6.22. The second-order valence-corrected chi connectivity index (χ2v) is 15.6. The minimum atomic E-state index is -1.44. The van der Waals surface area contributed by atoms with E-state index in [1.54, 1.807) is 39.8 Å². The second kappa shape index (κ2) is 14.6. The summed E-state index contributed by atoms with van der Waals surface area (Å²) in [5, 5.41) is 5.16. The summed E-state index contributed by atoms with van der Waals surface area (Å²) in [7, 11) is 1.53. The quantitative estimate of drug-likeness (QED) is 0.238. The number of fused-ring (bicyclic) bond motifs is 5. The van der Waals surface area contributed by atoms with Crippen molar-refractivity contribution in [2.24, 2.45) is 5.92 Å². The van der Waals surface area contributed by atoms with E-state index in [9.17, 15) is 19.2 Å². The minimum Gasteiger partial charge on any atom is -0.483 e. The third-order valence-corrected chi connectivity index (χ3v) is 10.4. The average molecular weight is 738 g/mol. The molecule has 1 spiro atoms. The summed E-state index contributed by atoms with van der Waals surface area (Å²) in [5.74, 6) is -1.18. The maximum Gasteiger partial charge on any atom is 0.408 e. The fraction of sp³-hybridized carbons (Fsp3) is 0.579. The van der Waals surface area contributed by atoms with Gasteiger partial charge in [0, 0.05) is 30.4 Å². The molecule has 1 aliphatic carbocycles. The summed E-state index contributed by atoms with van der Waals surface area (Å²) in [6, 6.07) is 1.47. The second-order valence-electron chi connectivity index (χ2n) is 15.0. The van der Waals surface area contributed by atoms with Gasteiger partial charge in [-0.05, 0) is 59.9 Å². The van der Waals surface area contributed by atoms with Crippen molar-refractivity contribution in [2.75, 3.05) is 20.3 Å². The number of aryl methyl sites for hydroxylation is 1. The Bertz CT molecular complexity index is 1810. The molecule has 14 heteroatoms. The zero-order valence-electron chi connectivity index (χ0n) is 30.6. The van der Waals surface area contributed by atoms with E-state index >= 15 is 0 Å². The summed E-state index contributed by atoms with van der Waals surface area (Å²) in [6.07, 6.45) is 10.4. The van der Waals surface area contributed by atoms with Gasteiger partial charge in [0.2, 0.25) is 17.7 Å². The van der Waals surface area contributed by atoms with Gasteiger partial charge in [-0.3, -0.25) is 9.59 Å². The number of rotatable bonds is 4. The summed E-state index contributed by atoms with van der Waals surface area (Å²) in [4.78, 5) is 66.6. The van der Waals surface area contributed by atoms with Crippen LogP contribution in [0.5, 0.6) is 11.6 Å². The Labute approximate surface area is 308 Å². The number of hydrogen-bond acceptors (Lipinski definition) is 10. The van der Waals surface area contributed by atoms with Crippen LogP contribution in [0.4, 0.5) is 4.79 Å². The van der Waals surface area contributed by atoms with Crippen molar-refractivity contribution >= 4 is 46.5 Å². The van der Waals surface area contributed by atoms with E-state index in [0.29, 0.717) is 46.8 Å². The van der Waals surface area contributed by atoms with Crippen LogP contribution in [0.15, 0.2) is 36.4 Å². The third-order valence-electron chi connectivity index (χ3n) is 10.1. The number of allylic oxidation sites excluding steroid dienone is 1. The van der Waals surface area contributed by atoms with Gasteiger partial charge in [-0.25, -0.2) is 19.6 Å². The Hall–Kier alpha value is -4.39. The molecule has 5 heterocycles. The number of halogens is 1. The first kappa shape index (κ1) is 37.4. The fourth-order valence-electron chi connectivity index (χ4n) is 7.58. The van der Waals surface area contributed by atoms with Gasteiger partial charge < -0.3 is 34.5 Å². The van der Waals surface area contributed by atoms with E-state index in [0.717, 1.165) is 19.3 Å². The SMILES string of the molecule is CCOC(=O)C12C=CC1C=CCCCCCC(NC(=O)OC(C)(C)C)C(=O)N1CC3(CC(Cl)c4c(c(C)nc5ccc(OC)nc45)O3)CC1C(=O)N2. The largest absolute Gasteiger partial charge is 0.483 e. The highest BCUT2D eigenvalue weighted by Crippen LogP contribution is 2.51. The molecule has 3 aliphatic heterocycles. The number of carbonyl (C=O) groups excluding carboxylic acids is 4. The molecule has 6 rings (SSSR count). The van der Waals surface area contributed by atoms with Crippen LogP contribution in [0.2, 0.25) is 0 Å². The zero-order valence-corrected chi connectivity index (χ0v) is 31.4. The van der Waals surface area contributed by atoms with E-state index in [-0.39, 0.29) is 26.0 Å². The Balaban J connectivity index is 1.40. The average Bonchev–Trinajstić information content (AvgIpc) is 3.43. The third kappa shape index (κ3) is 7.29. The van der Waals surface area contributed by atoms with Crippen molar-refractivity contribution in [1.29, 1.82) is 0 Å². The monoisotopic (exact) mass is 737 g/mol. The van der Waals surface area contributed by atoms with Crippen LogP contribution in [0.3, 0.4) is 0 Å². The standard InChI is InChI=1S/C38H48ClN5O8/c1-7-50-34(47)38-18-17-23(38)13-11-9-8-10-12-14-26(41-35(48)52-36(3,4)5)33(46)44-21-37(20-27(44)32(45)43-38)19-24(39)29-30-25(15-16-28(42-30)49-6)40-22(2)31(29)51-37/h11,13,15-18,23-24,26-27H,7-10,12,14,19-21H2,1-6H3,(H,41,48)(H,43,45). The number of ether oxygens (including phenoxy) is 4. The highest BCUT2D eigenvalue weighted by Gasteiger charge is 2.57. The number of nitrogens with one attached hydrogen (secondary N) is 2. The maximum atomic E-state index is 14.7. The predicted molar refractivity (Wildman–Crippen MR) is 193 cm³/mol. The smallest absolute Gasteiger partial charge is 0.408 e. The van der Waals surface area contributed by atoms with Gasteiger partial charge >= 0.3 is 12.1 Å². The fourth-order valence-corrected chi connectivity index (χ4v) is 8.07. The number of alkyl halides is 1. The van der Waals surface area contributed by atoms with Gasteiger partial charge in [-0.1, -0.05) is 37.1 Å². The lowest BCUT2D eigenvalue weighted by atomic mass is 9.73. The Kier molecular flexibility index (Phi) is 10.5. The van der Waals surface area contributed by atoms with Crippen LogP contribution in [0.25, 0.3) is 11.0 Å². The van der Waals surface area contributed by atoms with Gasteiger partial charge in [0.05, 0.1) is 36.8 Å². The molecule has 2 aromatic rings. The van der Waals surface area contributed by atoms with Crippen LogP contribution in [-0.2, 0) is 23.9 Å². The van der Waals surface area contributed by atoms with Crippen LogP contribution in [-0.4, -0.2) is 87.8 Å². The van der Waals surface area contributed by atoms with Gasteiger partial charge in [0.1, 0.15) is 34.6 Å². The Morgan fingerprint density at radius 2 is 1.92 bits per heavy atom. The van der Waals surface area contributed by atoms with E-state index in [1.165, 1.54) is 12.0 Å². The number of nitrogens with zero attached hydrogens (tertiary/aromatic N) is 3. The molecular formula is C38H48ClN5O8. The van der Waals surface area contributed by atoms with Crippen LogP contribution in [0.1, 0.15) is 89.3 Å². The molecule has 4 aliphatic rings. The van der Waals surface area contributed by atoms with Crippen LogP contribution < -0.4 is 20.1 Å². The number of pyridine rings is 2. The van der Waals surface area contributed by atoms with Gasteiger partial charge in [-0.15, -0.1) is 11.6 Å². The molecular weight excluding hydrogens is 690 g/mol. The van der Waals surface area contributed by atoms with Crippen molar-refractivity contribution in [3.63, 3.8) is 0 Å². The molecule has 2 aromatic heterocycles. The predicted octanol–water partition coefficient (Wildman–Crippen LogP) is 5.37. The lowest BCUT2D eigenvalue weighted by molar-refractivity contribution is -0.154. The molecule has 6 unspecified atom stereocenters. The van der Waals surface area contributed by atoms with E-state index < -0.39 is 64.0 Å². The lowest BCUT2D eigenvalue weighted by Crippen LogP contribution is -2.65. The number of hydrogen-bond donors (Lipinski definition) is 2. The number of aromatic nitrogens is 2. The van der Waals surface area contributed by atoms with Gasteiger partial charge in [0.25, 0.3) is 0 Å². The summed E-state index contributed by atoms with van der Waals surface area (Å²) in [5.41, 5.74) is -0.917. The first-order chi connectivity index (χ1) is 24.7. The highest BCUT2D eigenvalue weighted by atomic mass is 35.5. The number of esters is 1. The molecule has 1 fully saturated rings. The molecule has 280 valence electrons. The molecule has 1 saturated heterocycles. The molecule has 0 aromatic carbocycles. The Morgan fingerprint density at radius 1 is 1.13 bits per heavy atom. The minimum absolute atomic E-state index is 0.00628. The first-order valence-corrected chi connectivity index (χ1v) is 18.5. The van der Waals surface area contributed by atoms with Crippen molar-refractivity contribution in [3.05, 3.63) is 47.7 Å². The molecule has 13 nitrogen and oxygen atoms in total. The molecule has 2 N–H and O–H groups in total. The van der Waals surface area contributed by atoms with Crippen molar-refractivity contribution in [3.8, 4) is 11.6 Å². The van der Waals surface area contributed by atoms with Gasteiger partial charge in [0.15, 0.2) is 5.54 Å². The Morgan fingerprint density at radius 3 is 2.62 bits per heavy atom. The molecule has 3 amide bonds. The summed E-state index contributed by atoms with van der Waals surface area (Å²) in [6.45, 7) is 8.89. The topological polar surface area (TPSA) is 158 Å². The zero-order chi connectivity index (χ0) is 37.4. The van der Waals surface area contributed by atoms with Gasteiger partial charge in [-0.2, -0.15) is 0 Å². The van der Waals surface area contributed by atoms with Crippen LogP contribution >= 0.6 is 11.6 Å². The van der Waals surface area contributed by atoms with Crippen LogP contribution in [0, 0.1) is 12.8 Å². The molecule has 0 saturated carbocycles. The number of methoxy groups -OCH3 is 1. The van der Waals surface area contributed by atoms with Crippen molar-refractivity contribution in [1.82, 2.24) is 25.5 Å². The molecule has 6 atom stereocenters. The van der Waals surface area contributed by atoms with E-state index in [1.807, 2.05) is 31.2 Å². The first-order valence-electron chi connectivity index (χ1n) is 18.0. The van der Waals surface area contributed by atoms with E-state index in [4.69, 9.17) is 35.5 Å². The molecule has 52 heavy (non-hydrogen) atoms. The number of amides is 3. The van der Waals surface area contributed by atoms with E-state index in [2.05, 4.69) is 15.6 Å². The lowest BCUT2D eigenvalue weighted by Gasteiger charge is -2.41. The molecule has 0 radical (unpaired) electrons. The maximum absolute atomic E-state index is 14.7. The number of carbonyl (C=O) groups is 4. The van der Waals surface area contributed by atoms with Crippen molar-refractivity contribution < 1.29 is 38.1 Å². The normalized spacial score (nSPS) is 29.0. The van der Waals surface area contributed by atoms with Crippen molar-refractivity contribution in [2.45, 2.75) is 114 Å². The summed E-state index contributed by atoms with van der Waals surface area (Å²) < 4.78 is 23.2. The molecule has 0 bridgehead atoms.